The van der Waals surface area contributed by atoms with Gasteiger partial charge in [-0.05, 0) is 37.4 Å². The van der Waals surface area contributed by atoms with Gasteiger partial charge in [-0.2, -0.15) is 0 Å². The summed E-state index contributed by atoms with van der Waals surface area (Å²) in [6.07, 6.45) is 0.340. The van der Waals surface area contributed by atoms with Crippen LogP contribution in [0.15, 0.2) is 45.6 Å². The average molecular weight is 340 g/mol. The lowest BCUT2D eigenvalue weighted by molar-refractivity contribution is -0.928. The predicted octanol–water partition coefficient (Wildman–Crippen LogP) is 1.84. The maximum Gasteiger partial charge on any atom is 0.344 e. The standard InChI is InChI=1S/C20H21NO4/c1-12-9-21(10-13(2)24-12)11-17-18(22)8-7-15-14-5-3-4-6-16(14)20(23)25-19(15)17/h3-8,12-13,22H,9-11H2,1-2H3/p+1/t12-,13-/m0/s1. The molecule has 1 aliphatic rings. The van der Waals surface area contributed by atoms with Gasteiger partial charge >= 0.3 is 5.63 Å². The molecule has 5 nitrogen and oxygen atoms in total. The van der Waals surface area contributed by atoms with E-state index in [9.17, 15) is 9.90 Å². The molecule has 1 fully saturated rings. The minimum absolute atomic E-state index is 0.170. The Hall–Kier alpha value is -2.37. The number of ether oxygens (including phenoxy) is 1. The number of hydrogen-bond donors (Lipinski definition) is 2. The van der Waals surface area contributed by atoms with Crippen LogP contribution in [0.2, 0.25) is 0 Å². The van der Waals surface area contributed by atoms with E-state index in [0.29, 0.717) is 23.1 Å². The molecule has 0 spiro atoms. The van der Waals surface area contributed by atoms with Gasteiger partial charge in [-0.25, -0.2) is 4.79 Å². The Labute approximate surface area is 145 Å². The van der Waals surface area contributed by atoms with Gasteiger partial charge in [0.25, 0.3) is 0 Å². The van der Waals surface area contributed by atoms with E-state index in [1.807, 2.05) is 24.3 Å². The van der Waals surface area contributed by atoms with Gasteiger partial charge in [0.05, 0.1) is 10.9 Å². The molecule has 2 aromatic carbocycles. The van der Waals surface area contributed by atoms with Crippen molar-refractivity contribution in [1.82, 2.24) is 0 Å². The third-order valence-corrected chi connectivity index (χ3v) is 4.91. The Balaban J connectivity index is 1.86. The summed E-state index contributed by atoms with van der Waals surface area (Å²) in [6.45, 7) is 6.44. The number of nitrogens with one attached hydrogen (secondary N) is 1. The van der Waals surface area contributed by atoms with E-state index < -0.39 is 0 Å². The first-order valence-corrected chi connectivity index (χ1v) is 8.68. The number of phenols is 1. The maximum absolute atomic E-state index is 12.4. The van der Waals surface area contributed by atoms with Gasteiger partial charge in [0.15, 0.2) is 5.58 Å². The van der Waals surface area contributed by atoms with E-state index in [1.54, 1.807) is 12.1 Å². The first-order valence-electron chi connectivity index (χ1n) is 8.68. The summed E-state index contributed by atoms with van der Waals surface area (Å²) < 4.78 is 11.4. The highest BCUT2D eigenvalue weighted by molar-refractivity contribution is 6.05. The Kier molecular flexibility index (Phi) is 3.98. The highest BCUT2D eigenvalue weighted by Crippen LogP contribution is 2.30. The summed E-state index contributed by atoms with van der Waals surface area (Å²) in [5, 5.41) is 12.7. The fraction of sp³-hybridized carbons (Fsp3) is 0.350. The van der Waals surface area contributed by atoms with Crippen molar-refractivity contribution in [2.75, 3.05) is 13.1 Å². The van der Waals surface area contributed by atoms with Crippen molar-refractivity contribution in [3.05, 3.63) is 52.4 Å². The van der Waals surface area contributed by atoms with Crippen LogP contribution in [0.1, 0.15) is 19.4 Å². The number of fused-ring (bicyclic) bond motifs is 3. The molecule has 4 rings (SSSR count). The van der Waals surface area contributed by atoms with Crippen LogP contribution in [-0.2, 0) is 11.3 Å². The van der Waals surface area contributed by atoms with Crippen molar-refractivity contribution < 1.29 is 19.2 Å². The van der Waals surface area contributed by atoms with Crippen LogP contribution in [0.5, 0.6) is 5.75 Å². The highest BCUT2D eigenvalue weighted by atomic mass is 16.5. The van der Waals surface area contributed by atoms with Crippen LogP contribution in [0.25, 0.3) is 21.7 Å². The number of morpholine rings is 1. The molecule has 3 aromatic rings. The molecule has 0 aliphatic carbocycles. The van der Waals surface area contributed by atoms with Gasteiger partial charge in [0.1, 0.15) is 37.6 Å². The number of rotatable bonds is 2. The minimum Gasteiger partial charge on any atom is -0.507 e. The van der Waals surface area contributed by atoms with Gasteiger partial charge in [-0.3, -0.25) is 0 Å². The summed E-state index contributed by atoms with van der Waals surface area (Å²) in [6, 6.07) is 10.9. The van der Waals surface area contributed by atoms with Gasteiger partial charge in [-0.1, -0.05) is 18.2 Å². The molecule has 1 aliphatic heterocycles. The number of benzene rings is 2. The Bertz CT molecular complexity index is 984. The lowest BCUT2D eigenvalue weighted by Crippen LogP contribution is -3.14. The molecule has 0 radical (unpaired) electrons. The maximum atomic E-state index is 12.4. The van der Waals surface area contributed by atoms with E-state index in [-0.39, 0.29) is 23.6 Å². The van der Waals surface area contributed by atoms with Crippen molar-refractivity contribution in [2.24, 2.45) is 0 Å². The molecular formula is C20H22NO4+. The number of phenolic OH excluding ortho intramolecular Hbond substituents is 1. The zero-order valence-corrected chi connectivity index (χ0v) is 14.4. The number of aromatic hydroxyl groups is 1. The summed E-state index contributed by atoms with van der Waals surface area (Å²) in [5.41, 5.74) is 0.813. The molecule has 0 bridgehead atoms. The monoisotopic (exact) mass is 340 g/mol. The molecule has 25 heavy (non-hydrogen) atoms. The van der Waals surface area contributed by atoms with Crippen LogP contribution < -0.4 is 10.5 Å². The lowest BCUT2D eigenvalue weighted by atomic mass is 10.0. The van der Waals surface area contributed by atoms with Gasteiger partial charge < -0.3 is 19.2 Å². The van der Waals surface area contributed by atoms with Gasteiger partial charge in [-0.15, -0.1) is 0 Å². The van der Waals surface area contributed by atoms with E-state index in [1.165, 1.54) is 4.90 Å². The number of quaternary nitrogens is 1. The SMILES string of the molecule is C[C@H]1C[NH+](Cc2c(O)ccc3c2oc(=O)c2ccccc23)C[C@H](C)O1. The smallest absolute Gasteiger partial charge is 0.344 e. The predicted molar refractivity (Wildman–Crippen MR) is 96.1 cm³/mol. The fourth-order valence-electron chi connectivity index (χ4n) is 3.94. The molecule has 0 saturated carbocycles. The third kappa shape index (κ3) is 2.90. The normalized spacial score (nSPS) is 24.0. The average Bonchev–Trinajstić information content (AvgIpc) is 2.57. The molecule has 2 heterocycles. The molecule has 2 N–H and O–H groups in total. The van der Waals surface area contributed by atoms with Crippen LogP contribution in [0.4, 0.5) is 0 Å². The van der Waals surface area contributed by atoms with E-state index in [0.717, 1.165) is 23.9 Å². The summed E-state index contributed by atoms with van der Waals surface area (Å²) in [4.78, 5) is 13.7. The Morgan fingerprint density at radius 3 is 2.44 bits per heavy atom. The largest absolute Gasteiger partial charge is 0.507 e. The molecule has 1 aromatic heterocycles. The van der Waals surface area contributed by atoms with Gasteiger partial charge in [0, 0.05) is 5.39 Å². The quantitative estimate of drug-likeness (QED) is 0.552. The molecule has 5 heteroatoms. The van der Waals surface area contributed by atoms with Crippen molar-refractivity contribution in [2.45, 2.75) is 32.6 Å². The van der Waals surface area contributed by atoms with Crippen molar-refractivity contribution >= 4 is 21.7 Å². The Morgan fingerprint density at radius 1 is 1.04 bits per heavy atom. The fourth-order valence-corrected chi connectivity index (χ4v) is 3.94. The minimum atomic E-state index is -0.367. The molecule has 2 atom stereocenters. The van der Waals surface area contributed by atoms with E-state index in [2.05, 4.69) is 13.8 Å². The molecule has 0 amide bonds. The second kappa shape index (κ2) is 6.17. The molecule has 130 valence electrons. The van der Waals surface area contributed by atoms with Crippen LogP contribution in [0.3, 0.4) is 0 Å². The van der Waals surface area contributed by atoms with Crippen molar-refractivity contribution in [3.8, 4) is 5.75 Å². The van der Waals surface area contributed by atoms with E-state index >= 15 is 0 Å². The lowest BCUT2D eigenvalue weighted by Gasteiger charge is -2.32. The number of hydrogen-bond acceptors (Lipinski definition) is 4. The summed E-state index contributed by atoms with van der Waals surface area (Å²) in [5.74, 6) is 0.172. The first kappa shape index (κ1) is 16.1. The summed E-state index contributed by atoms with van der Waals surface area (Å²) >= 11 is 0. The van der Waals surface area contributed by atoms with Crippen LogP contribution in [0, 0.1) is 0 Å². The highest BCUT2D eigenvalue weighted by Gasteiger charge is 2.27. The first-order chi connectivity index (χ1) is 12.0. The van der Waals surface area contributed by atoms with Crippen molar-refractivity contribution in [3.63, 3.8) is 0 Å². The second-order valence-corrected chi connectivity index (χ2v) is 6.97. The van der Waals surface area contributed by atoms with E-state index in [4.69, 9.17) is 9.15 Å². The molecule has 1 saturated heterocycles. The topological polar surface area (TPSA) is 64.1 Å². The van der Waals surface area contributed by atoms with Crippen LogP contribution in [-0.4, -0.2) is 30.4 Å². The Morgan fingerprint density at radius 2 is 1.72 bits per heavy atom. The molecular weight excluding hydrogens is 318 g/mol. The molecule has 0 unspecified atom stereocenters. The zero-order chi connectivity index (χ0) is 17.6. The van der Waals surface area contributed by atoms with Gasteiger partial charge in [0.2, 0.25) is 0 Å². The van der Waals surface area contributed by atoms with Crippen LogP contribution >= 0.6 is 0 Å². The summed E-state index contributed by atoms with van der Waals surface area (Å²) in [7, 11) is 0. The van der Waals surface area contributed by atoms with Crippen molar-refractivity contribution in [1.29, 1.82) is 0 Å². The second-order valence-electron chi connectivity index (χ2n) is 6.97. The zero-order valence-electron chi connectivity index (χ0n) is 14.4. The third-order valence-electron chi connectivity index (χ3n) is 4.91.